The Morgan fingerprint density at radius 1 is 1.19 bits per heavy atom. The maximum absolute atomic E-state index is 11.1. The van der Waals surface area contributed by atoms with Gasteiger partial charge in [-0.2, -0.15) is 5.10 Å². The van der Waals surface area contributed by atoms with E-state index in [1.165, 1.54) is 6.33 Å². The molecule has 1 aromatic heterocycles. The predicted molar refractivity (Wildman–Crippen MR) is 84.3 cm³/mol. The highest BCUT2D eigenvalue weighted by atomic mass is 35.5. The number of hydrogen-bond donors (Lipinski definition) is 2. The number of nitrogens with zero attached hydrogens (tertiary/aromatic N) is 2. The van der Waals surface area contributed by atoms with Crippen LogP contribution < -0.4 is 0 Å². The van der Waals surface area contributed by atoms with Crippen LogP contribution in [0.1, 0.15) is 38.6 Å². The molecule has 0 bridgehead atoms. The van der Waals surface area contributed by atoms with Gasteiger partial charge in [-0.25, -0.2) is 4.98 Å². The smallest absolute Gasteiger partial charge is 0.153 e. The van der Waals surface area contributed by atoms with E-state index in [-0.39, 0.29) is 5.41 Å². The predicted octanol–water partition coefficient (Wildman–Crippen LogP) is 3.41. The van der Waals surface area contributed by atoms with Gasteiger partial charge < -0.3 is 5.11 Å². The molecule has 2 rings (SSSR count). The van der Waals surface area contributed by atoms with Crippen molar-refractivity contribution in [2.45, 2.75) is 45.6 Å². The lowest BCUT2D eigenvalue weighted by atomic mass is 9.71. The minimum absolute atomic E-state index is 0.264. The second kappa shape index (κ2) is 6.16. The highest BCUT2D eigenvalue weighted by molar-refractivity contribution is 6.30. The van der Waals surface area contributed by atoms with E-state index >= 15 is 0 Å². The number of rotatable bonds is 5. The maximum atomic E-state index is 11.1. The van der Waals surface area contributed by atoms with Gasteiger partial charge in [0.25, 0.3) is 0 Å². The molecule has 0 aliphatic heterocycles. The number of nitrogens with one attached hydrogen (secondary N) is 1. The van der Waals surface area contributed by atoms with E-state index in [0.29, 0.717) is 18.7 Å². The average molecular weight is 308 g/mol. The van der Waals surface area contributed by atoms with Crippen LogP contribution in [0.15, 0.2) is 30.6 Å². The Bertz CT molecular complexity index is 560. The van der Waals surface area contributed by atoms with Crippen LogP contribution in [0, 0.1) is 5.41 Å². The Morgan fingerprint density at radius 2 is 1.86 bits per heavy atom. The van der Waals surface area contributed by atoms with Gasteiger partial charge in [-0.1, -0.05) is 44.5 Å². The van der Waals surface area contributed by atoms with Gasteiger partial charge >= 0.3 is 0 Å². The highest BCUT2D eigenvalue weighted by Gasteiger charge is 2.40. The second-order valence-electron chi connectivity index (χ2n) is 6.50. The van der Waals surface area contributed by atoms with Crippen LogP contribution in [0.4, 0.5) is 0 Å². The van der Waals surface area contributed by atoms with Crippen molar-refractivity contribution < 1.29 is 5.11 Å². The van der Waals surface area contributed by atoms with Crippen molar-refractivity contribution >= 4 is 11.6 Å². The summed E-state index contributed by atoms with van der Waals surface area (Å²) in [6.07, 6.45) is 3.41. The SMILES string of the molecule is CC(C)(C)C(O)(CCc1ccc(Cl)cc1)Cc1nc[nH]n1. The van der Waals surface area contributed by atoms with Gasteiger partial charge in [-0.15, -0.1) is 0 Å². The fourth-order valence-corrected chi connectivity index (χ4v) is 2.44. The zero-order valence-electron chi connectivity index (χ0n) is 12.7. The number of hydrogen-bond acceptors (Lipinski definition) is 3. The summed E-state index contributed by atoms with van der Waals surface area (Å²) in [4.78, 5) is 4.14. The Balaban J connectivity index is 2.11. The fraction of sp³-hybridized carbons (Fsp3) is 0.500. The summed E-state index contributed by atoms with van der Waals surface area (Å²) in [6, 6.07) is 7.75. The van der Waals surface area contributed by atoms with Crippen molar-refractivity contribution in [2.75, 3.05) is 0 Å². The quantitative estimate of drug-likeness (QED) is 0.890. The van der Waals surface area contributed by atoms with Crippen molar-refractivity contribution in [1.82, 2.24) is 15.2 Å². The largest absolute Gasteiger partial charge is 0.389 e. The van der Waals surface area contributed by atoms with Crippen LogP contribution in [0.5, 0.6) is 0 Å². The van der Waals surface area contributed by atoms with E-state index in [1.807, 2.05) is 45.0 Å². The molecule has 5 heteroatoms. The van der Waals surface area contributed by atoms with Gasteiger partial charge in [0, 0.05) is 11.4 Å². The summed E-state index contributed by atoms with van der Waals surface area (Å²) in [6.45, 7) is 6.13. The van der Waals surface area contributed by atoms with Gasteiger partial charge in [-0.3, -0.25) is 5.10 Å². The van der Waals surface area contributed by atoms with Crippen LogP contribution >= 0.6 is 11.6 Å². The molecular formula is C16H22ClN3O. The van der Waals surface area contributed by atoms with E-state index in [4.69, 9.17) is 11.6 Å². The summed E-state index contributed by atoms with van der Waals surface area (Å²) < 4.78 is 0. The lowest BCUT2D eigenvalue weighted by molar-refractivity contribution is -0.0651. The number of aromatic nitrogens is 3. The number of aliphatic hydroxyl groups is 1. The minimum atomic E-state index is -0.866. The Kier molecular flexibility index (Phi) is 4.69. The third-order valence-corrected chi connectivity index (χ3v) is 4.30. The third kappa shape index (κ3) is 4.05. The molecule has 0 saturated heterocycles. The normalized spacial score (nSPS) is 14.9. The molecule has 0 spiro atoms. The number of H-pyrrole nitrogens is 1. The van der Waals surface area contributed by atoms with E-state index in [2.05, 4.69) is 15.2 Å². The summed E-state index contributed by atoms with van der Waals surface area (Å²) >= 11 is 5.90. The summed E-state index contributed by atoms with van der Waals surface area (Å²) in [5.74, 6) is 0.642. The van der Waals surface area contributed by atoms with E-state index in [9.17, 15) is 5.11 Å². The molecule has 1 unspecified atom stereocenters. The van der Waals surface area contributed by atoms with E-state index in [0.717, 1.165) is 17.0 Å². The van der Waals surface area contributed by atoms with E-state index in [1.54, 1.807) is 0 Å². The number of aryl methyl sites for hydroxylation is 1. The van der Waals surface area contributed by atoms with Crippen molar-refractivity contribution in [3.8, 4) is 0 Å². The molecule has 0 amide bonds. The second-order valence-corrected chi connectivity index (χ2v) is 6.94. The van der Waals surface area contributed by atoms with Crippen LogP contribution in [-0.2, 0) is 12.8 Å². The van der Waals surface area contributed by atoms with E-state index < -0.39 is 5.60 Å². The molecule has 1 atom stereocenters. The summed E-state index contributed by atoms with van der Waals surface area (Å²) in [5.41, 5.74) is 0.0339. The molecule has 0 radical (unpaired) electrons. The molecule has 0 aliphatic carbocycles. The molecular weight excluding hydrogens is 286 g/mol. The summed E-state index contributed by atoms with van der Waals surface area (Å²) in [7, 11) is 0. The van der Waals surface area contributed by atoms with Crippen molar-refractivity contribution in [1.29, 1.82) is 0 Å². The van der Waals surface area contributed by atoms with Crippen LogP contribution in [0.2, 0.25) is 5.02 Å². The Labute approximate surface area is 130 Å². The molecule has 2 N–H and O–H groups in total. The van der Waals surface area contributed by atoms with Crippen LogP contribution in [0.25, 0.3) is 0 Å². The Morgan fingerprint density at radius 3 is 2.38 bits per heavy atom. The zero-order valence-corrected chi connectivity index (χ0v) is 13.5. The first-order chi connectivity index (χ1) is 9.80. The van der Waals surface area contributed by atoms with Crippen molar-refractivity contribution in [3.05, 3.63) is 47.0 Å². The van der Waals surface area contributed by atoms with Crippen molar-refractivity contribution in [2.24, 2.45) is 5.41 Å². The number of benzene rings is 1. The number of aromatic amines is 1. The molecule has 0 saturated carbocycles. The third-order valence-electron chi connectivity index (χ3n) is 4.05. The monoisotopic (exact) mass is 307 g/mol. The minimum Gasteiger partial charge on any atom is -0.389 e. The molecule has 2 aromatic rings. The molecule has 1 heterocycles. The van der Waals surface area contributed by atoms with Gasteiger partial charge in [-0.05, 0) is 36.0 Å². The first-order valence-electron chi connectivity index (χ1n) is 7.12. The topological polar surface area (TPSA) is 61.8 Å². The summed E-state index contributed by atoms with van der Waals surface area (Å²) in [5, 5.41) is 18.6. The standard InChI is InChI=1S/C16H22ClN3O/c1-15(2,3)16(21,10-14-18-11-19-20-14)9-8-12-4-6-13(17)7-5-12/h4-7,11,21H,8-10H2,1-3H3,(H,18,19,20). The number of halogens is 1. The fourth-order valence-electron chi connectivity index (χ4n) is 2.31. The highest BCUT2D eigenvalue weighted by Crippen LogP contribution is 2.36. The van der Waals surface area contributed by atoms with Crippen molar-refractivity contribution in [3.63, 3.8) is 0 Å². The molecule has 21 heavy (non-hydrogen) atoms. The maximum Gasteiger partial charge on any atom is 0.153 e. The first kappa shape index (κ1) is 16.0. The molecule has 114 valence electrons. The Hall–Kier alpha value is -1.39. The molecule has 1 aromatic carbocycles. The van der Waals surface area contributed by atoms with Gasteiger partial charge in [0.15, 0.2) is 5.82 Å². The molecule has 0 aliphatic rings. The van der Waals surface area contributed by atoms with Gasteiger partial charge in [0.05, 0.1) is 5.60 Å². The van der Waals surface area contributed by atoms with Gasteiger partial charge in [0.2, 0.25) is 0 Å². The molecule has 4 nitrogen and oxygen atoms in total. The van der Waals surface area contributed by atoms with Gasteiger partial charge in [0.1, 0.15) is 6.33 Å². The van der Waals surface area contributed by atoms with Crippen LogP contribution in [0.3, 0.4) is 0 Å². The lowest BCUT2D eigenvalue weighted by Gasteiger charge is -2.40. The molecule has 0 fully saturated rings. The zero-order chi connectivity index (χ0) is 15.5. The lowest BCUT2D eigenvalue weighted by Crippen LogP contribution is -2.45. The van der Waals surface area contributed by atoms with Crippen LogP contribution in [-0.4, -0.2) is 25.9 Å². The average Bonchev–Trinajstić information content (AvgIpc) is 2.89. The first-order valence-corrected chi connectivity index (χ1v) is 7.49.